The lowest BCUT2D eigenvalue weighted by Crippen LogP contribution is -2.56. The van der Waals surface area contributed by atoms with Crippen LogP contribution in [0.2, 0.25) is 0 Å². The monoisotopic (exact) mass is 459 g/mol. The van der Waals surface area contributed by atoms with Gasteiger partial charge in [-0.1, -0.05) is 39.8 Å². The highest BCUT2D eigenvalue weighted by molar-refractivity contribution is 7.90. The SMILES string of the molecule is CCCN1CCC(C#N)(NC(=O)C(CC(C)(C)C)N=C2NS(=O)(=O)c3ccccc32)CC1. The van der Waals surface area contributed by atoms with Crippen molar-refractivity contribution in [3.8, 4) is 6.07 Å². The third-order valence-corrected chi connectivity index (χ3v) is 7.28. The van der Waals surface area contributed by atoms with E-state index in [1.54, 1.807) is 18.2 Å². The van der Waals surface area contributed by atoms with Crippen LogP contribution >= 0.6 is 0 Å². The molecule has 0 aromatic heterocycles. The third-order valence-electron chi connectivity index (χ3n) is 5.88. The minimum atomic E-state index is -3.70. The molecule has 1 fully saturated rings. The van der Waals surface area contributed by atoms with Gasteiger partial charge in [0.15, 0.2) is 0 Å². The number of rotatable bonds is 6. The van der Waals surface area contributed by atoms with Gasteiger partial charge in [0.1, 0.15) is 17.4 Å². The summed E-state index contributed by atoms with van der Waals surface area (Å²) in [4.78, 5) is 20.4. The number of nitrogens with one attached hydrogen (secondary N) is 2. The minimum absolute atomic E-state index is 0.158. The van der Waals surface area contributed by atoms with Gasteiger partial charge in [-0.15, -0.1) is 0 Å². The molecule has 1 unspecified atom stereocenters. The van der Waals surface area contributed by atoms with Gasteiger partial charge in [-0.05, 0) is 49.8 Å². The van der Waals surface area contributed by atoms with Crippen LogP contribution in [0.5, 0.6) is 0 Å². The quantitative estimate of drug-likeness (QED) is 0.678. The van der Waals surface area contributed by atoms with Crippen LogP contribution in [0.4, 0.5) is 0 Å². The molecule has 2 N–H and O–H groups in total. The van der Waals surface area contributed by atoms with Crippen molar-refractivity contribution in [2.75, 3.05) is 19.6 Å². The lowest BCUT2D eigenvalue weighted by molar-refractivity contribution is -0.124. The summed E-state index contributed by atoms with van der Waals surface area (Å²) in [5.41, 5.74) is -0.694. The second-order valence-electron chi connectivity index (χ2n) is 9.88. The van der Waals surface area contributed by atoms with Crippen LogP contribution in [-0.2, 0) is 14.8 Å². The third kappa shape index (κ3) is 5.48. The molecule has 0 aliphatic carbocycles. The lowest BCUT2D eigenvalue weighted by Gasteiger charge is -2.38. The zero-order valence-electron chi connectivity index (χ0n) is 19.3. The number of benzene rings is 1. The number of piperidine rings is 1. The topological polar surface area (TPSA) is 115 Å². The van der Waals surface area contributed by atoms with Crippen LogP contribution in [0.1, 0.15) is 58.9 Å². The van der Waals surface area contributed by atoms with E-state index in [2.05, 4.69) is 32.9 Å². The Hall–Kier alpha value is -2.44. The number of hydrogen-bond acceptors (Lipinski definition) is 6. The molecule has 3 rings (SSSR count). The highest BCUT2D eigenvalue weighted by Gasteiger charge is 2.39. The van der Waals surface area contributed by atoms with Crippen molar-refractivity contribution in [1.82, 2.24) is 14.9 Å². The molecule has 1 atom stereocenters. The fourth-order valence-corrected chi connectivity index (χ4v) is 5.46. The Balaban J connectivity index is 1.86. The molecule has 8 nitrogen and oxygen atoms in total. The predicted molar refractivity (Wildman–Crippen MR) is 124 cm³/mol. The zero-order valence-corrected chi connectivity index (χ0v) is 20.1. The molecule has 9 heteroatoms. The summed E-state index contributed by atoms with van der Waals surface area (Å²) in [6.45, 7) is 10.6. The number of likely N-dealkylation sites (tertiary alicyclic amines) is 1. The highest BCUT2D eigenvalue weighted by atomic mass is 32.2. The first-order chi connectivity index (χ1) is 15.0. The molecule has 174 valence electrons. The normalized spacial score (nSPS) is 21.9. The highest BCUT2D eigenvalue weighted by Crippen LogP contribution is 2.28. The van der Waals surface area contributed by atoms with Crippen LogP contribution in [0, 0.1) is 16.7 Å². The van der Waals surface area contributed by atoms with Gasteiger partial charge in [0.05, 0.1) is 11.0 Å². The van der Waals surface area contributed by atoms with E-state index in [4.69, 9.17) is 0 Å². The Morgan fingerprint density at radius 3 is 2.56 bits per heavy atom. The Kier molecular flexibility index (Phi) is 6.96. The summed E-state index contributed by atoms with van der Waals surface area (Å²) in [5.74, 6) is -0.171. The maximum Gasteiger partial charge on any atom is 0.263 e. The fraction of sp³-hybridized carbons (Fsp3) is 0.609. The molecule has 1 aromatic rings. The van der Waals surface area contributed by atoms with Crippen molar-refractivity contribution in [2.45, 2.75) is 69.9 Å². The number of carbonyl (C=O) groups is 1. The molecule has 0 bridgehead atoms. The molecule has 0 saturated carbocycles. The van der Waals surface area contributed by atoms with Crippen molar-refractivity contribution < 1.29 is 13.2 Å². The summed E-state index contributed by atoms with van der Waals surface area (Å²) < 4.78 is 27.4. The van der Waals surface area contributed by atoms with E-state index in [1.807, 2.05) is 20.8 Å². The smallest absolute Gasteiger partial charge is 0.263 e. The van der Waals surface area contributed by atoms with Gasteiger partial charge in [-0.25, -0.2) is 8.42 Å². The van der Waals surface area contributed by atoms with E-state index in [0.29, 0.717) is 24.8 Å². The van der Waals surface area contributed by atoms with Crippen molar-refractivity contribution in [3.63, 3.8) is 0 Å². The van der Waals surface area contributed by atoms with Gasteiger partial charge in [0, 0.05) is 18.7 Å². The Labute approximate surface area is 191 Å². The van der Waals surface area contributed by atoms with Crippen molar-refractivity contribution in [3.05, 3.63) is 29.8 Å². The van der Waals surface area contributed by atoms with E-state index in [9.17, 15) is 18.5 Å². The maximum absolute atomic E-state index is 13.4. The Bertz CT molecular complexity index is 1030. The van der Waals surface area contributed by atoms with E-state index in [-0.39, 0.29) is 22.1 Å². The van der Waals surface area contributed by atoms with Gasteiger partial charge in [-0.3, -0.25) is 14.5 Å². The van der Waals surface area contributed by atoms with Gasteiger partial charge < -0.3 is 10.2 Å². The molecule has 2 aliphatic rings. The van der Waals surface area contributed by atoms with Gasteiger partial charge in [0.2, 0.25) is 5.91 Å². The molecule has 1 aromatic carbocycles. The summed E-state index contributed by atoms with van der Waals surface area (Å²) in [7, 11) is -3.70. The largest absolute Gasteiger partial charge is 0.336 e. The average molecular weight is 460 g/mol. The first-order valence-electron chi connectivity index (χ1n) is 11.1. The Morgan fingerprint density at radius 2 is 1.97 bits per heavy atom. The molecular formula is C23H33N5O3S. The number of carbonyl (C=O) groups excluding carboxylic acids is 1. The summed E-state index contributed by atoms with van der Waals surface area (Å²) >= 11 is 0. The molecule has 1 saturated heterocycles. The van der Waals surface area contributed by atoms with Crippen LogP contribution in [0.25, 0.3) is 0 Å². The van der Waals surface area contributed by atoms with Gasteiger partial charge >= 0.3 is 0 Å². The van der Waals surface area contributed by atoms with E-state index >= 15 is 0 Å². The zero-order chi connectivity index (χ0) is 23.6. The summed E-state index contributed by atoms with van der Waals surface area (Å²) in [6, 6.07) is 8.11. The van der Waals surface area contributed by atoms with E-state index < -0.39 is 21.6 Å². The molecule has 2 aliphatic heterocycles. The number of nitriles is 1. The number of nitrogens with zero attached hydrogens (tertiary/aromatic N) is 3. The fourth-order valence-electron chi connectivity index (χ4n) is 4.22. The maximum atomic E-state index is 13.4. The van der Waals surface area contributed by atoms with Crippen LogP contribution in [0.15, 0.2) is 34.2 Å². The van der Waals surface area contributed by atoms with Crippen LogP contribution in [-0.4, -0.2) is 56.3 Å². The number of amidine groups is 1. The minimum Gasteiger partial charge on any atom is -0.336 e. The second kappa shape index (κ2) is 9.20. The molecule has 1 amide bonds. The van der Waals surface area contributed by atoms with Crippen molar-refractivity contribution in [1.29, 1.82) is 5.26 Å². The number of aliphatic imine (C=N–C) groups is 1. The first-order valence-corrected chi connectivity index (χ1v) is 12.6. The molecule has 2 heterocycles. The van der Waals surface area contributed by atoms with Crippen molar-refractivity contribution in [2.24, 2.45) is 10.4 Å². The number of amides is 1. The second-order valence-corrected chi connectivity index (χ2v) is 11.5. The number of sulfonamides is 1. The van der Waals surface area contributed by atoms with Gasteiger partial charge in [-0.2, -0.15) is 5.26 Å². The molecular weight excluding hydrogens is 426 g/mol. The number of hydrogen-bond donors (Lipinski definition) is 2. The predicted octanol–water partition coefficient (Wildman–Crippen LogP) is 2.41. The lowest BCUT2D eigenvalue weighted by atomic mass is 9.85. The number of fused-ring (bicyclic) bond motifs is 1. The molecule has 0 radical (unpaired) electrons. The van der Waals surface area contributed by atoms with Crippen LogP contribution in [0.3, 0.4) is 0 Å². The van der Waals surface area contributed by atoms with Crippen LogP contribution < -0.4 is 10.0 Å². The van der Waals surface area contributed by atoms with E-state index in [1.165, 1.54) is 6.07 Å². The van der Waals surface area contributed by atoms with Crippen molar-refractivity contribution >= 4 is 21.8 Å². The first kappa shape index (κ1) is 24.2. The molecule has 0 spiro atoms. The summed E-state index contributed by atoms with van der Waals surface area (Å²) in [6.07, 6.45) is 2.58. The van der Waals surface area contributed by atoms with Gasteiger partial charge in [0.25, 0.3) is 10.0 Å². The average Bonchev–Trinajstić information content (AvgIpc) is 2.98. The van der Waals surface area contributed by atoms with E-state index in [0.717, 1.165) is 26.1 Å². The standard InChI is InChI=1S/C23H33N5O3S/c1-5-12-28-13-10-23(16-24,11-14-28)26-21(29)18(15-22(2,3)4)25-20-17-8-6-7-9-19(17)32(30,31)27-20/h6-9,18H,5,10-15H2,1-4H3,(H,25,27)(H,26,29). The Morgan fingerprint density at radius 1 is 1.31 bits per heavy atom. The summed E-state index contributed by atoms with van der Waals surface area (Å²) in [5, 5.41) is 12.9. The molecule has 32 heavy (non-hydrogen) atoms.